The van der Waals surface area contributed by atoms with E-state index in [1.165, 1.54) is 0 Å². The highest BCUT2D eigenvalue weighted by molar-refractivity contribution is 8.00. The van der Waals surface area contributed by atoms with Gasteiger partial charge in [-0.2, -0.15) is 5.10 Å². The van der Waals surface area contributed by atoms with Gasteiger partial charge in [-0.3, -0.25) is 14.9 Å². The number of carbonyl (C=O) groups is 1. The number of hydrogen-bond donors (Lipinski definition) is 3. The Kier molecular flexibility index (Phi) is 4.18. The van der Waals surface area contributed by atoms with Gasteiger partial charge in [0.15, 0.2) is 0 Å². The number of benzene rings is 1. The van der Waals surface area contributed by atoms with Crippen molar-refractivity contribution in [3.8, 4) is 11.3 Å². The first-order valence-electron chi connectivity index (χ1n) is 7.83. The first-order valence-corrected chi connectivity index (χ1v) is 8.88. The van der Waals surface area contributed by atoms with Crippen LogP contribution >= 0.6 is 11.8 Å². The lowest BCUT2D eigenvalue weighted by molar-refractivity contribution is -0.115. The van der Waals surface area contributed by atoms with Crippen LogP contribution in [0.25, 0.3) is 22.2 Å². The molecule has 1 saturated heterocycles. The molecule has 7 heteroatoms. The average Bonchev–Trinajstić information content (AvgIpc) is 3.06. The van der Waals surface area contributed by atoms with Gasteiger partial charge in [0.1, 0.15) is 5.69 Å². The molecule has 1 atom stereocenters. The molecule has 0 aliphatic carbocycles. The van der Waals surface area contributed by atoms with E-state index in [4.69, 9.17) is 0 Å². The van der Waals surface area contributed by atoms with Crippen molar-refractivity contribution in [2.45, 2.75) is 5.25 Å². The summed E-state index contributed by atoms with van der Waals surface area (Å²) in [7, 11) is 0. The molecular formula is C17H17N5OS. The summed E-state index contributed by atoms with van der Waals surface area (Å²) in [5.74, 6) is 1.01. The number of anilines is 1. The number of H-pyrrole nitrogens is 1. The normalized spacial score (nSPS) is 17.8. The monoisotopic (exact) mass is 339 g/mol. The van der Waals surface area contributed by atoms with Crippen LogP contribution in [0.5, 0.6) is 0 Å². The number of amides is 1. The molecule has 1 unspecified atom stereocenters. The Morgan fingerprint density at radius 3 is 2.92 bits per heavy atom. The SMILES string of the molecule is O=C(Nc1ccc2[nH]nc(-c3ccncc3)c2c1)C1CNCCS1. The molecule has 2 aromatic heterocycles. The molecule has 0 spiro atoms. The number of nitrogens with one attached hydrogen (secondary N) is 3. The van der Waals surface area contributed by atoms with E-state index in [-0.39, 0.29) is 11.2 Å². The number of hydrogen-bond acceptors (Lipinski definition) is 5. The molecule has 0 radical (unpaired) electrons. The van der Waals surface area contributed by atoms with E-state index < -0.39 is 0 Å². The van der Waals surface area contributed by atoms with Crippen LogP contribution < -0.4 is 10.6 Å². The number of carbonyl (C=O) groups excluding carboxylic acids is 1. The predicted octanol–water partition coefficient (Wildman–Crippen LogP) is 2.27. The highest BCUT2D eigenvalue weighted by Gasteiger charge is 2.21. The summed E-state index contributed by atoms with van der Waals surface area (Å²) in [5, 5.41) is 14.6. The summed E-state index contributed by atoms with van der Waals surface area (Å²) in [6.45, 7) is 1.68. The fourth-order valence-corrected chi connectivity index (χ4v) is 3.77. The van der Waals surface area contributed by atoms with Gasteiger partial charge in [-0.15, -0.1) is 11.8 Å². The molecule has 3 N–H and O–H groups in total. The minimum absolute atomic E-state index is 0.0421. The number of thioether (sulfide) groups is 1. The standard InChI is InChI=1S/C17H17N5OS/c23-17(15-10-19-7-8-24-15)20-12-1-2-14-13(9-12)16(22-21-14)11-3-5-18-6-4-11/h1-6,9,15,19H,7-8,10H2,(H,20,23)(H,21,22). The van der Waals surface area contributed by atoms with Gasteiger partial charge in [-0.05, 0) is 30.3 Å². The zero-order valence-corrected chi connectivity index (χ0v) is 13.8. The third-order valence-electron chi connectivity index (χ3n) is 4.00. The number of fused-ring (bicyclic) bond motifs is 1. The largest absolute Gasteiger partial charge is 0.325 e. The summed E-state index contributed by atoms with van der Waals surface area (Å²) in [6.07, 6.45) is 3.49. The third kappa shape index (κ3) is 3.00. The Bertz CT molecular complexity index is 858. The van der Waals surface area contributed by atoms with Crippen LogP contribution in [0.3, 0.4) is 0 Å². The number of nitrogens with zero attached hydrogens (tertiary/aromatic N) is 2. The molecule has 0 saturated carbocycles. The maximum absolute atomic E-state index is 12.4. The first kappa shape index (κ1) is 15.2. The number of rotatable bonds is 3. The van der Waals surface area contributed by atoms with E-state index in [1.54, 1.807) is 24.2 Å². The molecule has 4 rings (SSSR count). The lowest BCUT2D eigenvalue weighted by atomic mass is 10.1. The quantitative estimate of drug-likeness (QED) is 0.682. The van der Waals surface area contributed by atoms with Gasteiger partial charge < -0.3 is 10.6 Å². The minimum Gasteiger partial charge on any atom is -0.325 e. The van der Waals surface area contributed by atoms with Gasteiger partial charge >= 0.3 is 0 Å². The Morgan fingerprint density at radius 1 is 1.25 bits per heavy atom. The third-order valence-corrected chi connectivity index (χ3v) is 5.23. The van der Waals surface area contributed by atoms with Crippen LogP contribution in [0.15, 0.2) is 42.7 Å². The van der Waals surface area contributed by atoms with Crippen LogP contribution in [-0.4, -0.2) is 45.2 Å². The van der Waals surface area contributed by atoms with E-state index in [0.717, 1.165) is 40.1 Å². The fraction of sp³-hybridized carbons (Fsp3) is 0.235. The van der Waals surface area contributed by atoms with Gasteiger partial charge in [0.25, 0.3) is 0 Å². The molecule has 1 aromatic carbocycles. The molecule has 122 valence electrons. The zero-order chi connectivity index (χ0) is 16.4. The Morgan fingerprint density at radius 2 is 2.12 bits per heavy atom. The van der Waals surface area contributed by atoms with E-state index in [0.29, 0.717) is 6.54 Å². The van der Waals surface area contributed by atoms with Crippen molar-refractivity contribution in [3.63, 3.8) is 0 Å². The lowest BCUT2D eigenvalue weighted by Gasteiger charge is -2.21. The van der Waals surface area contributed by atoms with Gasteiger partial charge in [0.2, 0.25) is 5.91 Å². The first-order chi connectivity index (χ1) is 11.8. The Balaban J connectivity index is 1.61. The number of pyridine rings is 1. The maximum atomic E-state index is 12.4. The average molecular weight is 339 g/mol. The maximum Gasteiger partial charge on any atom is 0.238 e. The highest BCUT2D eigenvalue weighted by atomic mass is 32.2. The second-order valence-electron chi connectivity index (χ2n) is 5.62. The topological polar surface area (TPSA) is 82.7 Å². The van der Waals surface area contributed by atoms with E-state index in [1.807, 2.05) is 30.3 Å². The van der Waals surface area contributed by atoms with Crippen LogP contribution in [0.4, 0.5) is 5.69 Å². The molecule has 1 fully saturated rings. The van der Waals surface area contributed by atoms with Gasteiger partial charge in [-0.25, -0.2) is 0 Å². The molecule has 1 amide bonds. The highest BCUT2D eigenvalue weighted by Crippen LogP contribution is 2.28. The second kappa shape index (κ2) is 6.62. The molecule has 0 bridgehead atoms. The van der Waals surface area contributed by atoms with Crippen molar-refractivity contribution in [3.05, 3.63) is 42.7 Å². The van der Waals surface area contributed by atoms with Gasteiger partial charge in [-0.1, -0.05) is 0 Å². The lowest BCUT2D eigenvalue weighted by Crippen LogP contribution is -2.40. The molecule has 3 heterocycles. The fourth-order valence-electron chi connectivity index (χ4n) is 2.78. The summed E-state index contributed by atoms with van der Waals surface area (Å²) in [4.78, 5) is 16.4. The molecule has 6 nitrogen and oxygen atoms in total. The minimum atomic E-state index is -0.0431. The summed E-state index contributed by atoms with van der Waals surface area (Å²) >= 11 is 1.70. The summed E-state index contributed by atoms with van der Waals surface area (Å²) < 4.78 is 0. The van der Waals surface area contributed by atoms with Crippen molar-refractivity contribution >= 4 is 34.3 Å². The van der Waals surface area contributed by atoms with Crippen molar-refractivity contribution < 1.29 is 4.79 Å². The van der Waals surface area contributed by atoms with Crippen molar-refractivity contribution in [1.82, 2.24) is 20.5 Å². The van der Waals surface area contributed by atoms with Crippen LogP contribution in [0.1, 0.15) is 0 Å². The van der Waals surface area contributed by atoms with Crippen LogP contribution in [0.2, 0.25) is 0 Å². The van der Waals surface area contributed by atoms with Crippen molar-refractivity contribution in [1.29, 1.82) is 0 Å². The van der Waals surface area contributed by atoms with E-state index in [9.17, 15) is 4.79 Å². The molecule has 24 heavy (non-hydrogen) atoms. The molecule has 1 aliphatic heterocycles. The Labute approximate surface area is 143 Å². The Hall–Kier alpha value is -2.38. The second-order valence-corrected chi connectivity index (χ2v) is 6.93. The summed E-state index contributed by atoms with van der Waals surface area (Å²) in [5.41, 5.74) is 3.58. The van der Waals surface area contributed by atoms with Gasteiger partial charge in [0.05, 0.1) is 10.8 Å². The van der Waals surface area contributed by atoms with E-state index >= 15 is 0 Å². The number of aromatic nitrogens is 3. The van der Waals surface area contributed by atoms with Gasteiger partial charge in [0, 0.05) is 47.9 Å². The smallest absolute Gasteiger partial charge is 0.238 e. The van der Waals surface area contributed by atoms with E-state index in [2.05, 4.69) is 25.8 Å². The van der Waals surface area contributed by atoms with Crippen LogP contribution in [-0.2, 0) is 4.79 Å². The molecule has 3 aromatic rings. The predicted molar refractivity (Wildman–Crippen MR) is 97.1 cm³/mol. The molecular weight excluding hydrogens is 322 g/mol. The van der Waals surface area contributed by atoms with Crippen molar-refractivity contribution in [2.24, 2.45) is 0 Å². The molecule has 1 aliphatic rings. The van der Waals surface area contributed by atoms with Crippen LogP contribution in [0, 0.1) is 0 Å². The van der Waals surface area contributed by atoms with Crippen molar-refractivity contribution in [2.75, 3.05) is 24.2 Å². The summed E-state index contributed by atoms with van der Waals surface area (Å²) in [6, 6.07) is 9.65. The zero-order valence-electron chi connectivity index (χ0n) is 13.0. The number of aromatic amines is 1.